The van der Waals surface area contributed by atoms with E-state index in [4.69, 9.17) is 11.6 Å². The molecule has 1 heteroatoms. The molecule has 0 nitrogen and oxygen atoms in total. The van der Waals surface area contributed by atoms with Crippen LogP contribution in [0, 0.1) is 20.8 Å². The van der Waals surface area contributed by atoms with E-state index in [2.05, 4.69) is 39.5 Å². The summed E-state index contributed by atoms with van der Waals surface area (Å²) in [6.45, 7) is 12.1. The third-order valence-electron chi connectivity index (χ3n) is 3.00. The van der Waals surface area contributed by atoms with E-state index in [1.807, 2.05) is 6.92 Å². The Hall–Kier alpha value is -1.01. The number of hydrogen-bond donors (Lipinski definition) is 0. The first kappa shape index (κ1) is 12.1. The fourth-order valence-electron chi connectivity index (χ4n) is 1.64. The van der Waals surface area contributed by atoms with Crippen molar-refractivity contribution in [3.8, 4) is 0 Å². The van der Waals surface area contributed by atoms with Gasteiger partial charge in [-0.1, -0.05) is 36.4 Å². The number of halogens is 1. The molecule has 0 fully saturated rings. The molecule has 0 unspecified atom stereocenters. The van der Waals surface area contributed by atoms with Crippen molar-refractivity contribution in [2.75, 3.05) is 0 Å². The van der Waals surface area contributed by atoms with E-state index in [1.54, 1.807) is 6.08 Å². The molecule has 0 N–H and O–H groups in total. The Kier molecular flexibility index (Phi) is 3.76. The monoisotopic (exact) mass is 220 g/mol. The van der Waals surface area contributed by atoms with Crippen LogP contribution in [-0.2, 0) is 0 Å². The van der Waals surface area contributed by atoms with E-state index in [-0.39, 0.29) is 0 Å². The molecule has 0 atom stereocenters. The normalized spacial score (nSPS) is 12.3. The van der Waals surface area contributed by atoms with Gasteiger partial charge in [0.15, 0.2) is 0 Å². The summed E-state index contributed by atoms with van der Waals surface area (Å²) >= 11 is 6.08. The molecule has 1 aromatic carbocycles. The molecule has 80 valence electrons. The van der Waals surface area contributed by atoms with Gasteiger partial charge in [-0.05, 0) is 55.5 Å². The Morgan fingerprint density at radius 3 is 2.33 bits per heavy atom. The predicted octanol–water partition coefficient (Wildman–Crippen LogP) is 4.77. The van der Waals surface area contributed by atoms with Crippen LogP contribution in [0.1, 0.15) is 29.2 Å². The molecule has 0 saturated carbocycles. The minimum Gasteiger partial charge on any atom is -0.0976 e. The van der Waals surface area contributed by atoms with Crippen molar-refractivity contribution in [2.24, 2.45) is 0 Å². The zero-order valence-corrected chi connectivity index (χ0v) is 10.6. The highest BCUT2D eigenvalue weighted by Gasteiger charge is 2.07. The van der Waals surface area contributed by atoms with Gasteiger partial charge in [0.25, 0.3) is 0 Å². The molecule has 0 spiro atoms. The van der Waals surface area contributed by atoms with Gasteiger partial charge in [-0.2, -0.15) is 0 Å². The summed E-state index contributed by atoms with van der Waals surface area (Å²) in [5.41, 5.74) is 6.25. The maximum absolute atomic E-state index is 6.08. The second-order valence-corrected chi connectivity index (χ2v) is 4.26. The summed E-state index contributed by atoms with van der Waals surface area (Å²) in [7, 11) is 0. The first-order chi connectivity index (χ1) is 6.99. The quantitative estimate of drug-likeness (QED) is 0.630. The van der Waals surface area contributed by atoms with Crippen LogP contribution in [0.15, 0.2) is 29.8 Å². The topological polar surface area (TPSA) is 0 Å². The molecule has 0 aromatic heterocycles. The molecule has 0 aliphatic carbocycles. The van der Waals surface area contributed by atoms with Gasteiger partial charge in [0.05, 0.1) is 0 Å². The lowest BCUT2D eigenvalue weighted by atomic mass is 9.94. The Morgan fingerprint density at radius 1 is 1.20 bits per heavy atom. The van der Waals surface area contributed by atoms with Crippen molar-refractivity contribution in [1.29, 1.82) is 0 Å². The highest BCUT2D eigenvalue weighted by molar-refractivity contribution is 6.34. The summed E-state index contributed by atoms with van der Waals surface area (Å²) in [5.74, 6) is 0. The van der Waals surface area contributed by atoms with E-state index in [9.17, 15) is 0 Å². The SMILES string of the molecule is C=C/C(Cl)=C(\C)c1ccc(C)c(C)c1C. The zero-order chi connectivity index (χ0) is 11.6. The minimum absolute atomic E-state index is 0.723. The van der Waals surface area contributed by atoms with Gasteiger partial charge >= 0.3 is 0 Å². The molecular weight excluding hydrogens is 204 g/mol. The third kappa shape index (κ3) is 2.32. The van der Waals surface area contributed by atoms with Crippen LogP contribution >= 0.6 is 11.6 Å². The average molecular weight is 221 g/mol. The molecule has 0 radical (unpaired) electrons. The van der Waals surface area contributed by atoms with Crippen LogP contribution in [0.5, 0.6) is 0 Å². The van der Waals surface area contributed by atoms with Crippen molar-refractivity contribution in [2.45, 2.75) is 27.7 Å². The van der Waals surface area contributed by atoms with Gasteiger partial charge in [0.2, 0.25) is 0 Å². The van der Waals surface area contributed by atoms with Crippen molar-refractivity contribution < 1.29 is 0 Å². The second kappa shape index (κ2) is 4.67. The molecule has 1 aromatic rings. The lowest BCUT2D eigenvalue weighted by Gasteiger charge is -2.12. The summed E-state index contributed by atoms with van der Waals surface area (Å²) in [4.78, 5) is 0. The number of benzene rings is 1. The van der Waals surface area contributed by atoms with E-state index in [0.717, 1.165) is 10.6 Å². The molecule has 1 rings (SSSR count). The van der Waals surface area contributed by atoms with Crippen LogP contribution in [0.4, 0.5) is 0 Å². The lowest BCUT2D eigenvalue weighted by molar-refractivity contribution is 1.25. The summed E-state index contributed by atoms with van der Waals surface area (Å²) in [6.07, 6.45) is 1.69. The first-order valence-corrected chi connectivity index (χ1v) is 5.42. The Balaban J connectivity index is 3.41. The Bertz CT molecular complexity index is 425. The summed E-state index contributed by atoms with van der Waals surface area (Å²) < 4.78 is 0. The molecule has 0 aliphatic rings. The van der Waals surface area contributed by atoms with Crippen molar-refractivity contribution in [1.82, 2.24) is 0 Å². The molecule has 0 heterocycles. The van der Waals surface area contributed by atoms with Gasteiger partial charge in [-0.25, -0.2) is 0 Å². The summed E-state index contributed by atoms with van der Waals surface area (Å²) in [6, 6.07) is 4.26. The molecule has 15 heavy (non-hydrogen) atoms. The predicted molar refractivity (Wildman–Crippen MR) is 69.3 cm³/mol. The van der Waals surface area contributed by atoms with Crippen molar-refractivity contribution in [3.63, 3.8) is 0 Å². The van der Waals surface area contributed by atoms with Crippen LogP contribution in [0.3, 0.4) is 0 Å². The van der Waals surface area contributed by atoms with Gasteiger partial charge in [-0.3, -0.25) is 0 Å². The zero-order valence-electron chi connectivity index (χ0n) is 9.82. The molecular formula is C14H17Cl. The fraction of sp³-hybridized carbons (Fsp3) is 0.286. The minimum atomic E-state index is 0.723. The van der Waals surface area contributed by atoms with E-state index >= 15 is 0 Å². The molecule has 0 saturated heterocycles. The lowest BCUT2D eigenvalue weighted by Crippen LogP contribution is -1.93. The smallest absolute Gasteiger partial charge is 0.0435 e. The number of aryl methyl sites for hydroxylation is 1. The third-order valence-corrected chi connectivity index (χ3v) is 3.44. The Morgan fingerprint density at radius 2 is 1.80 bits per heavy atom. The van der Waals surface area contributed by atoms with Crippen LogP contribution in [0.2, 0.25) is 0 Å². The Labute approximate surface area is 97.3 Å². The van der Waals surface area contributed by atoms with E-state index in [1.165, 1.54) is 22.3 Å². The first-order valence-electron chi connectivity index (χ1n) is 5.05. The highest BCUT2D eigenvalue weighted by Crippen LogP contribution is 2.27. The number of allylic oxidation sites excluding steroid dienone is 3. The summed E-state index contributed by atoms with van der Waals surface area (Å²) in [5, 5.41) is 0.723. The molecule has 0 aliphatic heterocycles. The maximum Gasteiger partial charge on any atom is 0.0435 e. The number of rotatable bonds is 2. The average Bonchev–Trinajstić information content (AvgIpc) is 2.24. The van der Waals surface area contributed by atoms with E-state index in [0.29, 0.717) is 0 Å². The highest BCUT2D eigenvalue weighted by atomic mass is 35.5. The van der Waals surface area contributed by atoms with Gasteiger partial charge < -0.3 is 0 Å². The fourth-order valence-corrected chi connectivity index (χ4v) is 1.75. The van der Waals surface area contributed by atoms with Gasteiger partial charge in [-0.15, -0.1) is 0 Å². The van der Waals surface area contributed by atoms with Gasteiger partial charge in [0.1, 0.15) is 0 Å². The molecule has 0 amide bonds. The largest absolute Gasteiger partial charge is 0.0976 e. The van der Waals surface area contributed by atoms with Crippen LogP contribution in [0.25, 0.3) is 5.57 Å². The second-order valence-electron chi connectivity index (χ2n) is 3.86. The van der Waals surface area contributed by atoms with Crippen molar-refractivity contribution >= 4 is 17.2 Å². The number of hydrogen-bond acceptors (Lipinski definition) is 0. The van der Waals surface area contributed by atoms with E-state index < -0.39 is 0 Å². The molecule has 0 bridgehead atoms. The maximum atomic E-state index is 6.08. The van der Waals surface area contributed by atoms with Crippen LogP contribution in [-0.4, -0.2) is 0 Å². The standard InChI is InChI=1S/C14H17Cl/c1-6-14(15)12(5)13-8-7-9(2)10(3)11(13)4/h6-8H,1H2,2-5H3/b14-12-. The van der Waals surface area contributed by atoms with Gasteiger partial charge in [0, 0.05) is 5.03 Å². The van der Waals surface area contributed by atoms with Crippen LogP contribution < -0.4 is 0 Å². The van der Waals surface area contributed by atoms with Crippen molar-refractivity contribution in [3.05, 3.63) is 52.1 Å².